The van der Waals surface area contributed by atoms with E-state index in [1.54, 1.807) is 31.3 Å². The Balaban J connectivity index is 2.20. The van der Waals surface area contributed by atoms with Crippen molar-refractivity contribution in [2.24, 2.45) is 0 Å². The van der Waals surface area contributed by atoms with Crippen LogP contribution in [0.2, 0.25) is 5.02 Å². The van der Waals surface area contributed by atoms with Gasteiger partial charge in [0, 0.05) is 29.7 Å². The van der Waals surface area contributed by atoms with Crippen molar-refractivity contribution in [1.82, 2.24) is 10.6 Å². The fourth-order valence-electron chi connectivity index (χ4n) is 2.19. The van der Waals surface area contributed by atoms with Gasteiger partial charge in [-0.1, -0.05) is 30.3 Å². The van der Waals surface area contributed by atoms with Gasteiger partial charge in [0.1, 0.15) is 12.4 Å². The standard InChI is InChI=1S/C19H19ClN2O3/c1-3-18(23)22-11-15-10-14(19(24)21-2)7-8-17(15)25-12-13-5-4-6-16(20)9-13/h3-10H,1,11-12H2,2H3,(H,21,24)(H,22,23). The van der Waals surface area contributed by atoms with Crippen molar-refractivity contribution < 1.29 is 14.3 Å². The molecule has 0 bridgehead atoms. The Bertz CT molecular complexity index is 790. The van der Waals surface area contributed by atoms with Gasteiger partial charge in [-0.25, -0.2) is 0 Å². The van der Waals surface area contributed by atoms with Gasteiger partial charge in [0.05, 0.1) is 0 Å². The highest BCUT2D eigenvalue weighted by Gasteiger charge is 2.11. The van der Waals surface area contributed by atoms with Crippen molar-refractivity contribution in [2.45, 2.75) is 13.2 Å². The highest BCUT2D eigenvalue weighted by molar-refractivity contribution is 6.30. The lowest BCUT2D eigenvalue weighted by atomic mass is 10.1. The molecule has 0 aliphatic heterocycles. The lowest BCUT2D eigenvalue weighted by Crippen LogP contribution is -2.22. The van der Waals surface area contributed by atoms with E-state index in [1.807, 2.05) is 18.2 Å². The van der Waals surface area contributed by atoms with Gasteiger partial charge in [0.2, 0.25) is 5.91 Å². The molecular weight excluding hydrogens is 340 g/mol. The molecule has 6 heteroatoms. The maximum absolute atomic E-state index is 11.8. The topological polar surface area (TPSA) is 67.4 Å². The molecule has 0 spiro atoms. The van der Waals surface area contributed by atoms with Crippen LogP contribution in [-0.4, -0.2) is 18.9 Å². The Hall–Kier alpha value is -2.79. The molecule has 0 atom stereocenters. The minimum absolute atomic E-state index is 0.210. The fourth-order valence-corrected chi connectivity index (χ4v) is 2.40. The largest absolute Gasteiger partial charge is 0.489 e. The first-order valence-electron chi connectivity index (χ1n) is 7.66. The van der Waals surface area contributed by atoms with Crippen LogP contribution in [0.5, 0.6) is 5.75 Å². The van der Waals surface area contributed by atoms with Gasteiger partial charge in [0.15, 0.2) is 0 Å². The predicted octanol–water partition coefficient (Wildman–Crippen LogP) is 3.08. The van der Waals surface area contributed by atoms with Crippen molar-refractivity contribution in [3.05, 3.63) is 76.8 Å². The number of carbonyl (C=O) groups excluding carboxylic acids is 2. The highest BCUT2D eigenvalue weighted by Crippen LogP contribution is 2.22. The summed E-state index contributed by atoms with van der Waals surface area (Å²) in [4.78, 5) is 23.2. The molecule has 0 unspecified atom stereocenters. The molecule has 0 fully saturated rings. The van der Waals surface area contributed by atoms with Crippen LogP contribution in [-0.2, 0) is 17.9 Å². The summed E-state index contributed by atoms with van der Waals surface area (Å²) < 4.78 is 5.85. The van der Waals surface area contributed by atoms with Crippen LogP contribution in [0, 0.1) is 0 Å². The number of amides is 2. The molecule has 5 nitrogen and oxygen atoms in total. The molecule has 0 radical (unpaired) electrons. The molecule has 0 saturated heterocycles. The summed E-state index contributed by atoms with van der Waals surface area (Å²) in [6.07, 6.45) is 1.19. The lowest BCUT2D eigenvalue weighted by Gasteiger charge is -2.14. The zero-order valence-electron chi connectivity index (χ0n) is 13.8. The molecule has 0 heterocycles. The Morgan fingerprint density at radius 2 is 2.04 bits per heavy atom. The summed E-state index contributed by atoms with van der Waals surface area (Å²) in [5.41, 5.74) is 2.10. The van der Waals surface area contributed by atoms with E-state index in [1.165, 1.54) is 6.08 Å². The number of benzene rings is 2. The van der Waals surface area contributed by atoms with E-state index in [9.17, 15) is 9.59 Å². The van der Waals surface area contributed by atoms with Crippen molar-refractivity contribution in [1.29, 1.82) is 0 Å². The molecule has 0 aliphatic rings. The number of carbonyl (C=O) groups is 2. The minimum atomic E-state index is -0.300. The SMILES string of the molecule is C=CC(=O)NCc1cc(C(=O)NC)ccc1OCc1cccc(Cl)c1. The third-order valence-corrected chi connectivity index (χ3v) is 3.71. The molecule has 2 aromatic rings. The second kappa shape index (κ2) is 8.89. The van der Waals surface area contributed by atoms with Crippen LogP contribution in [0.25, 0.3) is 0 Å². The molecule has 130 valence electrons. The van der Waals surface area contributed by atoms with Gasteiger partial charge in [-0.05, 0) is 42.0 Å². The summed E-state index contributed by atoms with van der Waals surface area (Å²) in [6.45, 7) is 3.96. The van der Waals surface area contributed by atoms with E-state index in [0.29, 0.717) is 28.5 Å². The van der Waals surface area contributed by atoms with Gasteiger partial charge in [-0.3, -0.25) is 9.59 Å². The Labute approximate surface area is 151 Å². The van der Waals surface area contributed by atoms with Crippen molar-refractivity contribution in [3.63, 3.8) is 0 Å². The minimum Gasteiger partial charge on any atom is -0.489 e. The molecule has 0 aliphatic carbocycles. The summed E-state index contributed by atoms with van der Waals surface area (Å²) in [6, 6.07) is 12.4. The van der Waals surface area contributed by atoms with Crippen molar-refractivity contribution in [3.8, 4) is 5.75 Å². The van der Waals surface area contributed by atoms with Crippen molar-refractivity contribution >= 4 is 23.4 Å². The van der Waals surface area contributed by atoms with Crippen LogP contribution < -0.4 is 15.4 Å². The van der Waals surface area contributed by atoms with E-state index in [2.05, 4.69) is 17.2 Å². The number of hydrogen-bond donors (Lipinski definition) is 2. The maximum atomic E-state index is 11.8. The third kappa shape index (κ3) is 5.36. The summed E-state index contributed by atoms with van der Waals surface area (Å²) in [5.74, 6) is 0.0702. The second-order valence-corrected chi connectivity index (χ2v) is 5.68. The predicted molar refractivity (Wildman–Crippen MR) is 97.7 cm³/mol. The van der Waals surface area contributed by atoms with Gasteiger partial charge in [-0.2, -0.15) is 0 Å². The summed E-state index contributed by atoms with van der Waals surface area (Å²) in [5, 5.41) is 5.89. The van der Waals surface area contributed by atoms with Gasteiger partial charge in [-0.15, -0.1) is 0 Å². The van der Waals surface area contributed by atoms with Crippen LogP contribution in [0.3, 0.4) is 0 Å². The quantitative estimate of drug-likeness (QED) is 0.747. The fraction of sp³-hybridized carbons (Fsp3) is 0.158. The van der Waals surface area contributed by atoms with E-state index in [-0.39, 0.29) is 18.4 Å². The highest BCUT2D eigenvalue weighted by atomic mass is 35.5. The van der Waals surface area contributed by atoms with Gasteiger partial charge in [0.25, 0.3) is 5.91 Å². The van der Waals surface area contributed by atoms with Crippen LogP contribution in [0.4, 0.5) is 0 Å². The first kappa shape index (κ1) is 18.5. The Morgan fingerprint density at radius 3 is 2.72 bits per heavy atom. The lowest BCUT2D eigenvalue weighted by molar-refractivity contribution is -0.116. The Kier molecular flexibility index (Phi) is 6.60. The number of nitrogens with one attached hydrogen (secondary N) is 2. The van der Waals surface area contributed by atoms with E-state index >= 15 is 0 Å². The number of hydrogen-bond acceptors (Lipinski definition) is 3. The van der Waals surface area contributed by atoms with Crippen LogP contribution in [0.1, 0.15) is 21.5 Å². The van der Waals surface area contributed by atoms with E-state index in [4.69, 9.17) is 16.3 Å². The molecule has 0 aromatic heterocycles. The second-order valence-electron chi connectivity index (χ2n) is 5.24. The number of halogens is 1. The number of rotatable bonds is 7. The van der Waals surface area contributed by atoms with E-state index in [0.717, 1.165) is 5.56 Å². The van der Waals surface area contributed by atoms with Crippen molar-refractivity contribution in [2.75, 3.05) is 7.05 Å². The van der Waals surface area contributed by atoms with Gasteiger partial charge >= 0.3 is 0 Å². The Morgan fingerprint density at radius 1 is 1.24 bits per heavy atom. The molecule has 0 saturated carbocycles. The van der Waals surface area contributed by atoms with Crippen LogP contribution >= 0.6 is 11.6 Å². The van der Waals surface area contributed by atoms with Gasteiger partial charge < -0.3 is 15.4 Å². The average molecular weight is 359 g/mol. The number of ether oxygens (including phenoxy) is 1. The zero-order valence-corrected chi connectivity index (χ0v) is 14.6. The normalized spacial score (nSPS) is 10.0. The molecule has 25 heavy (non-hydrogen) atoms. The third-order valence-electron chi connectivity index (χ3n) is 3.47. The average Bonchev–Trinajstić information content (AvgIpc) is 2.64. The summed E-state index contributed by atoms with van der Waals surface area (Å²) in [7, 11) is 1.56. The first-order valence-corrected chi connectivity index (χ1v) is 8.03. The van der Waals surface area contributed by atoms with Crippen LogP contribution in [0.15, 0.2) is 55.1 Å². The molecule has 2 N–H and O–H groups in total. The molecular formula is C19H19ClN2O3. The maximum Gasteiger partial charge on any atom is 0.251 e. The molecule has 2 amide bonds. The smallest absolute Gasteiger partial charge is 0.251 e. The van der Waals surface area contributed by atoms with E-state index < -0.39 is 0 Å². The summed E-state index contributed by atoms with van der Waals surface area (Å²) >= 11 is 5.97. The monoisotopic (exact) mass is 358 g/mol. The zero-order chi connectivity index (χ0) is 18.2. The first-order chi connectivity index (χ1) is 12.0. The molecule has 2 rings (SSSR count). The molecule has 2 aromatic carbocycles.